The molecule has 2 heterocycles. The number of methoxy groups -OCH3 is 1. The Morgan fingerprint density at radius 1 is 1.09 bits per heavy atom. The summed E-state index contributed by atoms with van der Waals surface area (Å²) in [4.78, 5) is 38.4. The normalized spacial score (nSPS) is 12.6. The van der Waals surface area contributed by atoms with Crippen LogP contribution < -0.4 is 26.0 Å². The predicted octanol–water partition coefficient (Wildman–Crippen LogP) is 1.95. The van der Waals surface area contributed by atoms with Gasteiger partial charge in [-0.05, 0) is 55.0 Å². The molecule has 0 radical (unpaired) electrons. The standard InChI is InChI=1S/C24H26N6O5/c1-26-24(33)35-14-12-27-15-3-5-16(6-4-15)29-13-11-19-20(22(25)31)28-30(21(19)23(29)32)17-7-9-18(34-2)10-8-17/h3-10,27H,11-14H2,1-2H3,(H2,25,31)(H,26,33). The fourth-order valence-corrected chi connectivity index (χ4v) is 3.88. The van der Waals surface area contributed by atoms with Crippen molar-refractivity contribution in [3.63, 3.8) is 0 Å². The molecule has 0 spiro atoms. The summed E-state index contributed by atoms with van der Waals surface area (Å²) in [5.74, 6) is -0.293. The summed E-state index contributed by atoms with van der Waals surface area (Å²) < 4.78 is 11.6. The largest absolute Gasteiger partial charge is 0.497 e. The van der Waals surface area contributed by atoms with Crippen LogP contribution in [0.3, 0.4) is 0 Å². The van der Waals surface area contributed by atoms with Gasteiger partial charge in [0.2, 0.25) is 0 Å². The smallest absolute Gasteiger partial charge is 0.406 e. The lowest BCUT2D eigenvalue weighted by Crippen LogP contribution is -2.39. The van der Waals surface area contributed by atoms with Gasteiger partial charge < -0.3 is 30.7 Å². The van der Waals surface area contributed by atoms with Crippen molar-refractivity contribution in [2.45, 2.75) is 6.42 Å². The number of anilines is 2. The number of carbonyl (C=O) groups is 3. The highest BCUT2D eigenvalue weighted by molar-refractivity contribution is 6.09. The molecule has 1 aromatic heterocycles. The van der Waals surface area contributed by atoms with Gasteiger partial charge in [0.15, 0.2) is 5.69 Å². The molecule has 1 aliphatic rings. The van der Waals surface area contributed by atoms with E-state index in [-0.39, 0.29) is 18.2 Å². The first kappa shape index (κ1) is 23.6. The van der Waals surface area contributed by atoms with Gasteiger partial charge in [-0.1, -0.05) is 0 Å². The summed E-state index contributed by atoms with van der Waals surface area (Å²) in [6.07, 6.45) is -0.0507. The molecule has 11 heteroatoms. The molecule has 3 aromatic rings. The lowest BCUT2D eigenvalue weighted by atomic mass is 10.0. The molecule has 0 saturated heterocycles. The van der Waals surface area contributed by atoms with Crippen molar-refractivity contribution < 1.29 is 23.9 Å². The van der Waals surface area contributed by atoms with Crippen molar-refractivity contribution in [2.24, 2.45) is 5.73 Å². The van der Waals surface area contributed by atoms with Crippen LogP contribution in [0.1, 0.15) is 26.5 Å². The van der Waals surface area contributed by atoms with Crippen molar-refractivity contribution in [3.05, 3.63) is 65.5 Å². The Bertz CT molecular complexity index is 1240. The summed E-state index contributed by atoms with van der Waals surface area (Å²) in [6, 6.07) is 14.4. The number of hydrogen-bond donors (Lipinski definition) is 3. The second-order valence-electron chi connectivity index (χ2n) is 7.72. The van der Waals surface area contributed by atoms with Crippen molar-refractivity contribution in [1.29, 1.82) is 0 Å². The minimum atomic E-state index is -0.675. The van der Waals surface area contributed by atoms with E-state index < -0.39 is 12.0 Å². The first-order valence-corrected chi connectivity index (χ1v) is 11.0. The van der Waals surface area contributed by atoms with Crippen LogP contribution in [0.2, 0.25) is 0 Å². The van der Waals surface area contributed by atoms with E-state index >= 15 is 0 Å². The zero-order chi connectivity index (χ0) is 24.9. The highest BCUT2D eigenvalue weighted by Crippen LogP contribution is 2.29. The van der Waals surface area contributed by atoms with Gasteiger partial charge in [0.25, 0.3) is 11.8 Å². The highest BCUT2D eigenvalue weighted by atomic mass is 16.5. The Kier molecular flexibility index (Phi) is 6.86. The fraction of sp³-hybridized carbons (Fsp3) is 0.250. The number of amides is 3. The molecule has 0 atom stereocenters. The van der Waals surface area contributed by atoms with Crippen LogP contribution in [-0.4, -0.2) is 61.5 Å². The molecule has 0 unspecified atom stereocenters. The number of nitrogens with two attached hydrogens (primary N) is 1. The molecular formula is C24H26N6O5. The van der Waals surface area contributed by atoms with Crippen LogP contribution in [-0.2, 0) is 11.2 Å². The molecule has 1 aliphatic heterocycles. The molecule has 0 saturated carbocycles. The van der Waals surface area contributed by atoms with Crippen molar-refractivity contribution in [1.82, 2.24) is 15.1 Å². The topological polar surface area (TPSA) is 141 Å². The minimum absolute atomic E-state index is 0.0994. The Balaban J connectivity index is 1.56. The number of nitrogens with zero attached hydrogens (tertiary/aromatic N) is 3. The molecule has 0 fully saturated rings. The molecule has 182 valence electrons. The lowest BCUT2D eigenvalue weighted by molar-refractivity contribution is 0.0972. The number of primary amides is 1. The number of ether oxygens (including phenoxy) is 2. The maximum absolute atomic E-state index is 13.6. The minimum Gasteiger partial charge on any atom is -0.497 e. The Hall–Kier alpha value is -4.54. The monoisotopic (exact) mass is 478 g/mol. The van der Waals surface area contributed by atoms with Gasteiger partial charge in [-0.15, -0.1) is 0 Å². The third-order valence-electron chi connectivity index (χ3n) is 5.61. The number of nitrogens with one attached hydrogen (secondary N) is 2. The Morgan fingerprint density at radius 2 is 1.77 bits per heavy atom. The van der Waals surface area contributed by atoms with Gasteiger partial charge in [0.1, 0.15) is 18.1 Å². The quantitative estimate of drug-likeness (QED) is 0.420. The fourth-order valence-electron chi connectivity index (χ4n) is 3.88. The summed E-state index contributed by atoms with van der Waals surface area (Å²) in [5.41, 5.74) is 8.65. The molecule has 35 heavy (non-hydrogen) atoms. The van der Waals surface area contributed by atoms with E-state index in [0.717, 1.165) is 5.69 Å². The lowest BCUT2D eigenvalue weighted by Gasteiger charge is -2.28. The summed E-state index contributed by atoms with van der Waals surface area (Å²) in [6.45, 7) is 1.04. The molecule has 4 N–H and O–H groups in total. The van der Waals surface area contributed by atoms with Gasteiger partial charge in [-0.25, -0.2) is 9.48 Å². The summed E-state index contributed by atoms with van der Waals surface area (Å²) >= 11 is 0. The maximum atomic E-state index is 13.6. The third kappa shape index (κ3) is 4.88. The first-order chi connectivity index (χ1) is 16.9. The molecule has 11 nitrogen and oxygen atoms in total. The summed E-state index contributed by atoms with van der Waals surface area (Å²) in [7, 11) is 3.06. The van der Waals surface area contributed by atoms with Crippen LogP contribution in [0.25, 0.3) is 5.69 Å². The number of fused-ring (bicyclic) bond motifs is 1. The van der Waals surface area contributed by atoms with Crippen molar-refractivity contribution >= 4 is 29.3 Å². The highest BCUT2D eigenvalue weighted by Gasteiger charge is 2.34. The number of rotatable bonds is 8. The van der Waals surface area contributed by atoms with Crippen LogP contribution in [0.15, 0.2) is 48.5 Å². The number of hydrogen-bond acceptors (Lipinski definition) is 7. The van der Waals surface area contributed by atoms with Crippen LogP contribution in [0, 0.1) is 0 Å². The van der Waals surface area contributed by atoms with E-state index in [1.807, 2.05) is 24.3 Å². The van der Waals surface area contributed by atoms with E-state index in [1.54, 1.807) is 36.3 Å². The van der Waals surface area contributed by atoms with E-state index in [2.05, 4.69) is 15.7 Å². The van der Waals surface area contributed by atoms with Crippen molar-refractivity contribution in [2.75, 3.05) is 44.1 Å². The second kappa shape index (κ2) is 10.2. The zero-order valence-electron chi connectivity index (χ0n) is 19.4. The third-order valence-corrected chi connectivity index (χ3v) is 5.61. The van der Waals surface area contributed by atoms with Crippen LogP contribution in [0.4, 0.5) is 16.2 Å². The predicted molar refractivity (Wildman–Crippen MR) is 129 cm³/mol. The first-order valence-electron chi connectivity index (χ1n) is 11.0. The van der Waals surface area contributed by atoms with Gasteiger partial charge in [0, 0.05) is 37.1 Å². The van der Waals surface area contributed by atoms with Gasteiger partial charge in [-0.2, -0.15) is 5.10 Å². The van der Waals surface area contributed by atoms with E-state index in [9.17, 15) is 14.4 Å². The number of alkyl carbamates (subject to hydrolysis) is 1. The average Bonchev–Trinajstić information content (AvgIpc) is 3.28. The van der Waals surface area contributed by atoms with E-state index in [0.29, 0.717) is 47.9 Å². The zero-order valence-corrected chi connectivity index (χ0v) is 19.4. The average molecular weight is 479 g/mol. The Morgan fingerprint density at radius 3 is 2.40 bits per heavy atom. The van der Waals surface area contributed by atoms with Crippen molar-refractivity contribution in [3.8, 4) is 11.4 Å². The molecule has 4 rings (SSSR count). The van der Waals surface area contributed by atoms with Gasteiger partial charge in [-0.3, -0.25) is 9.59 Å². The molecule has 0 bridgehead atoms. The van der Waals surface area contributed by atoms with E-state index in [1.165, 1.54) is 11.7 Å². The SMILES string of the molecule is CNC(=O)OCCNc1ccc(N2CCc3c(C(N)=O)nn(-c4ccc(OC)cc4)c3C2=O)cc1. The second-order valence-corrected chi connectivity index (χ2v) is 7.72. The number of aromatic nitrogens is 2. The number of benzene rings is 2. The van der Waals surface area contributed by atoms with Crippen LogP contribution in [0.5, 0.6) is 5.75 Å². The molecular weight excluding hydrogens is 452 g/mol. The molecule has 0 aliphatic carbocycles. The maximum Gasteiger partial charge on any atom is 0.406 e. The van der Waals surface area contributed by atoms with Crippen LogP contribution >= 0.6 is 0 Å². The number of carbonyl (C=O) groups excluding carboxylic acids is 3. The van der Waals surface area contributed by atoms with E-state index in [4.69, 9.17) is 15.2 Å². The van der Waals surface area contributed by atoms with Gasteiger partial charge >= 0.3 is 6.09 Å². The molecule has 2 aromatic carbocycles. The molecule has 3 amide bonds. The van der Waals surface area contributed by atoms with Gasteiger partial charge in [0.05, 0.1) is 12.8 Å². The summed E-state index contributed by atoms with van der Waals surface area (Å²) in [5, 5.41) is 9.91. The Labute approximate surface area is 201 Å².